The molecule has 0 bridgehead atoms. The van der Waals surface area contributed by atoms with Crippen LogP contribution in [-0.2, 0) is 16.1 Å². The molecule has 1 aromatic rings. The Morgan fingerprint density at radius 1 is 1.12 bits per heavy atom. The summed E-state index contributed by atoms with van der Waals surface area (Å²) in [7, 11) is 0. The Morgan fingerprint density at radius 3 is 2.54 bits per heavy atom. The molecule has 1 heterocycles. The van der Waals surface area contributed by atoms with Gasteiger partial charge in [0.1, 0.15) is 0 Å². The van der Waals surface area contributed by atoms with Crippen LogP contribution in [0.15, 0.2) is 30.4 Å². The summed E-state index contributed by atoms with van der Waals surface area (Å²) in [4.78, 5) is 18.2. The van der Waals surface area contributed by atoms with Gasteiger partial charge in [-0.1, -0.05) is 18.2 Å². The van der Waals surface area contributed by atoms with E-state index in [1.165, 1.54) is 24.8 Å². The van der Waals surface area contributed by atoms with Crippen LogP contribution < -0.4 is 14.8 Å². The summed E-state index contributed by atoms with van der Waals surface area (Å²) in [5.74, 6) is -1.12. The molecular formula is C17H21NO6. The SMILES string of the molecule is C1=CCC(CNCc2ccc3c(c2)OCO3)CC1.O=C(O)C(=O)O. The summed E-state index contributed by atoms with van der Waals surface area (Å²) < 4.78 is 10.7. The van der Waals surface area contributed by atoms with E-state index in [0.717, 1.165) is 30.5 Å². The highest BCUT2D eigenvalue weighted by Gasteiger charge is 2.13. The van der Waals surface area contributed by atoms with Gasteiger partial charge < -0.3 is 25.0 Å². The molecule has 7 heteroatoms. The van der Waals surface area contributed by atoms with Gasteiger partial charge in [-0.3, -0.25) is 0 Å². The van der Waals surface area contributed by atoms with Crippen LogP contribution in [0, 0.1) is 5.92 Å². The highest BCUT2D eigenvalue weighted by Crippen LogP contribution is 2.32. The molecule has 1 aromatic carbocycles. The highest BCUT2D eigenvalue weighted by molar-refractivity contribution is 6.27. The van der Waals surface area contributed by atoms with Crippen molar-refractivity contribution in [2.45, 2.75) is 25.8 Å². The van der Waals surface area contributed by atoms with Crippen molar-refractivity contribution in [3.05, 3.63) is 35.9 Å². The maximum atomic E-state index is 9.10. The van der Waals surface area contributed by atoms with E-state index in [-0.39, 0.29) is 0 Å². The Bertz CT molecular complexity index is 601. The summed E-state index contributed by atoms with van der Waals surface area (Å²) >= 11 is 0. The maximum Gasteiger partial charge on any atom is 0.414 e. The van der Waals surface area contributed by atoms with Crippen LogP contribution in [0.2, 0.25) is 0 Å². The van der Waals surface area contributed by atoms with E-state index in [4.69, 9.17) is 29.3 Å². The van der Waals surface area contributed by atoms with Gasteiger partial charge in [-0.25, -0.2) is 9.59 Å². The molecule has 0 fully saturated rings. The number of aliphatic carboxylic acids is 2. The van der Waals surface area contributed by atoms with Crippen LogP contribution >= 0.6 is 0 Å². The van der Waals surface area contributed by atoms with E-state index in [1.807, 2.05) is 6.07 Å². The molecule has 1 unspecified atom stereocenters. The van der Waals surface area contributed by atoms with Gasteiger partial charge in [-0.05, 0) is 49.4 Å². The van der Waals surface area contributed by atoms with E-state index in [0.29, 0.717) is 6.79 Å². The predicted molar refractivity (Wildman–Crippen MR) is 86.0 cm³/mol. The number of hydrogen-bond donors (Lipinski definition) is 3. The molecule has 0 spiro atoms. The van der Waals surface area contributed by atoms with Crippen molar-refractivity contribution in [3.63, 3.8) is 0 Å². The fourth-order valence-corrected chi connectivity index (χ4v) is 2.51. The highest BCUT2D eigenvalue weighted by atomic mass is 16.7. The van der Waals surface area contributed by atoms with Crippen molar-refractivity contribution >= 4 is 11.9 Å². The molecule has 3 N–H and O–H groups in total. The monoisotopic (exact) mass is 335 g/mol. The molecule has 0 aromatic heterocycles. The summed E-state index contributed by atoms with van der Waals surface area (Å²) in [6.45, 7) is 2.34. The molecule has 0 saturated carbocycles. The molecule has 1 atom stereocenters. The predicted octanol–water partition coefficient (Wildman–Crippen LogP) is 2.02. The lowest BCUT2D eigenvalue weighted by Crippen LogP contribution is -2.23. The average Bonchev–Trinajstić information content (AvgIpc) is 3.04. The Labute approximate surface area is 139 Å². The quantitative estimate of drug-likeness (QED) is 0.571. The number of fused-ring (bicyclic) bond motifs is 1. The Balaban J connectivity index is 0.000000301. The second-order valence-corrected chi connectivity index (χ2v) is 5.58. The van der Waals surface area contributed by atoms with Gasteiger partial charge in [-0.2, -0.15) is 0 Å². The minimum atomic E-state index is -1.82. The molecule has 2 aliphatic rings. The number of hydrogen-bond acceptors (Lipinski definition) is 5. The zero-order chi connectivity index (χ0) is 17.4. The third kappa shape index (κ3) is 5.58. The van der Waals surface area contributed by atoms with Gasteiger partial charge in [0.15, 0.2) is 11.5 Å². The van der Waals surface area contributed by atoms with Crippen molar-refractivity contribution in [1.82, 2.24) is 5.32 Å². The Kier molecular flexibility index (Phi) is 6.62. The van der Waals surface area contributed by atoms with Crippen molar-refractivity contribution in [3.8, 4) is 11.5 Å². The smallest absolute Gasteiger partial charge is 0.414 e. The number of nitrogens with one attached hydrogen (secondary N) is 1. The number of carboxylic acid groups (broad SMARTS) is 2. The Morgan fingerprint density at radius 2 is 1.88 bits per heavy atom. The normalized spacial score (nSPS) is 17.8. The average molecular weight is 335 g/mol. The standard InChI is InChI=1S/C15H19NO2.C2H2O4/c1-2-4-12(5-3-1)9-16-10-13-6-7-14-15(8-13)18-11-17-14;3-1(4)2(5)6/h1-2,6-8,12,16H,3-5,9-11H2;(H,3,4)(H,5,6). The zero-order valence-electron chi connectivity index (χ0n) is 13.2. The van der Waals surface area contributed by atoms with Crippen LogP contribution in [-0.4, -0.2) is 35.5 Å². The minimum absolute atomic E-state index is 0.348. The van der Waals surface area contributed by atoms with Gasteiger partial charge >= 0.3 is 11.9 Å². The molecule has 130 valence electrons. The molecule has 24 heavy (non-hydrogen) atoms. The topological polar surface area (TPSA) is 105 Å². The van der Waals surface area contributed by atoms with Gasteiger partial charge in [0.2, 0.25) is 6.79 Å². The third-order valence-corrected chi connectivity index (χ3v) is 3.76. The minimum Gasteiger partial charge on any atom is -0.473 e. The number of rotatable bonds is 4. The number of ether oxygens (including phenoxy) is 2. The van der Waals surface area contributed by atoms with Crippen molar-refractivity contribution < 1.29 is 29.3 Å². The Hall–Kier alpha value is -2.54. The fraction of sp³-hybridized carbons (Fsp3) is 0.412. The summed E-state index contributed by atoms with van der Waals surface area (Å²) in [6.07, 6.45) is 8.35. The summed E-state index contributed by atoms with van der Waals surface area (Å²) in [5, 5.41) is 18.3. The first-order chi connectivity index (χ1) is 11.6. The van der Waals surface area contributed by atoms with E-state index in [9.17, 15) is 0 Å². The lowest BCUT2D eigenvalue weighted by atomic mass is 9.94. The first-order valence-corrected chi connectivity index (χ1v) is 7.76. The van der Waals surface area contributed by atoms with E-state index in [1.54, 1.807) is 0 Å². The molecule has 3 rings (SSSR count). The molecule has 0 radical (unpaired) electrons. The number of carbonyl (C=O) groups is 2. The van der Waals surface area contributed by atoms with Gasteiger partial charge in [-0.15, -0.1) is 0 Å². The molecule has 1 aliphatic carbocycles. The molecule has 1 aliphatic heterocycles. The second-order valence-electron chi connectivity index (χ2n) is 5.58. The lowest BCUT2D eigenvalue weighted by molar-refractivity contribution is -0.159. The van der Waals surface area contributed by atoms with Gasteiger partial charge in [0.25, 0.3) is 0 Å². The summed E-state index contributed by atoms with van der Waals surface area (Å²) in [6, 6.07) is 6.15. The van der Waals surface area contributed by atoms with Crippen LogP contribution in [0.1, 0.15) is 24.8 Å². The number of carboxylic acids is 2. The van der Waals surface area contributed by atoms with E-state index < -0.39 is 11.9 Å². The first-order valence-electron chi connectivity index (χ1n) is 7.76. The molecular weight excluding hydrogens is 314 g/mol. The van der Waals surface area contributed by atoms with Crippen LogP contribution in [0.4, 0.5) is 0 Å². The zero-order valence-corrected chi connectivity index (χ0v) is 13.2. The van der Waals surface area contributed by atoms with E-state index in [2.05, 4.69) is 29.6 Å². The van der Waals surface area contributed by atoms with Crippen LogP contribution in [0.3, 0.4) is 0 Å². The number of benzene rings is 1. The van der Waals surface area contributed by atoms with Crippen molar-refractivity contribution in [2.24, 2.45) is 5.92 Å². The van der Waals surface area contributed by atoms with Gasteiger partial charge in [0.05, 0.1) is 0 Å². The molecule has 7 nitrogen and oxygen atoms in total. The number of allylic oxidation sites excluding steroid dienone is 2. The fourth-order valence-electron chi connectivity index (χ4n) is 2.51. The molecule has 0 amide bonds. The molecule has 0 saturated heterocycles. The maximum absolute atomic E-state index is 9.10. The van der Waals surface area contributed by atoms with Crippen LogP contribution in [0.25, 0.3) is 0 Å². The second kappa shape index (κ2) is 8.93. The van der Waals surface area contributed by atoms with E-state index >= 15 is 0 Å². The third-order valence-electron chi connectivity index (χ3n) is 3.76. The van der Waals surface area contributed by atoms with Crippen LogP contribution in [0.5, 0.6) is 11.5 Å². The van der Waals surface area contributed by atoms with Gasteiger partial charge in [0, 0.05) is 6.54 Å². The first kappa shape index (κ1) is 17.8. The lowest BCUT2D eigenvalue weighted by Gasteiger charge is -2.18. The van der Waals surface area contributed by atoms with Crippen molar-refractivity contribution in [1.29, 1.82) is 0 Å². The summed E-state index contributed by atoms with van der Waals surface area (Å²) in [5.41, 5.74) is 1.26. The van der Waals surface area contributed by atoms with Crippen molar-refractivity contribution in [2.75, 3.05) is 13.3 Å². The largest absolute Gasteiger partial charge is 0.473 e.